The number of anilines is 1. The number of para-hydroxylation sites is 1. The van der Waals surface area contributed by atoms with Crippen LogP contribution in [0.25, 0.3) is 0 Å². The van der Waals surface area contributed by atoms with E-state index in [0.29, 0.717) is 6.54 Å². The van der Waals surface area contributed by atoms with Crippen LogP contribution in [0.4, 0.5) is 5.69 Å². The van der Waals surface area contributed by atoms with Crippen LogP contribution < -0.4 is 5.32 Å². The van der Waals surface area contributed by atoms with Crippen LogP contribution in [0, 0.1) is 5.92 Å². The highest BCUT2D eigenvalue weighted by molar-refractivity contribution is 5.88. The number of hydrogen-bond donors (Lipinski definition) is 1. The van der Waals surface area contributed by atoms with E-state index in [0.717, 1.165) is 23.4 Å². The molecule has 3 heterocycles. The van der Waals surface area contributed by atoms with E-state index in [9.17, 15) is 4.79 Å². The number of nitrogens with one attached hydrogen (secondary N) is 1. The van der Waals surface area contributed by atoms with Gasteiger partial charge in [0.25, 0.3) is 0 Å². The molecule has 0 radical (unpaired) electrons. The predicted octanol–water partition coefficient (Wildman–Crippen LogP) is 3.99. The minimum Gasteiger partial charge on any atom is -0.384 e. The largest absolute Gasteiger partial charge is 0.384 e. The first kappa shape index (κ1) is 16.1. The van der Waals surface area contributed by atoms with Crippen LogP contribution in [0.15, 0.2) is 79.1 Å². The van der Waals surface area contributed by atoms with Gasteiger partial charge < -0.3 is 10.2 Å². The summed E-state index contributed by atoms with van der Waals surface area (Å²) in [6.07, 6.45) is 3.58. The molecule has 0 aliphatic carbocycles. The van der Waals surface area contributed by atoms with E-state index in [2.05, 4.69) is 45.5 Å². The summed E-state index contributed by atoms with van der Waals surface area (Å²) in [5.41, 5.74) is 4.58. The van der Waals surface area contributed by atoms with Crippen molar-refractivity contribution in [2.24, 2.45) is 5.92 Å². The van der Waals surface area contributed by atoms with E-state index in [1.54, 1.807) is 12.4 Å². The predicted molar refractivity (Wildman–Crippen MR) is 105 cm³/mol. The Kier molecular flexibility index (Phi) is 3.89. The topological polar surface area (TPSA) is 45.2 Å². The van der Waals surface area contributed by atoms with Gasteiger partial charge in [-0.2, -0.15) is 0 Å². The third-order valence-corrected chi connectivity index (χ3v) is 5.79. The maximum absolute atomic E-state index is 13.6. The zero-order valence-corrected chi connectivity index (χ0v) is 15.0. The van der Waals surface area contributed by atoms with Crippen LogP contribution >= 0.6 is 0 Å². The summed E-state index contributed by atoms with van der Waals surface area (Å²) in [5.74, 6) is 0.321. The second-order valence-electron chi connectivity index (χ2n) is 7.29. The Morgan fingerprint density at radius 3 is 2.52 bits per heavy atom. The highest BCUT2D eigenvalue weighted by Crippen LogP contribution is 2.50. The fraction of sp³-hybridized carbons (Fsp3) is 0.217. The molecule has 2 aromatic carbocycles. The van der Waals surface area contributed by atoms with Crippen molar-refractivity contribution in [1.82, 2.24) is 9.88 Å². The van der Waals surface area contributed by atoms with Gasteiger partial charge in [-0.3, -0.25) is 9.78 Å². The molecular formula is C23H21N3O. The number of hydrogen-bond acceptors (Lipinski definition) is 3. The molecule has 1 aromatic heterocycles. The highest BCUT2D eigenvalue weighted by Gasteiger charge is 2.50. The minimum atomic E-state index is -0.112. The van der Waals surface area contributed by atoms with Crippen molar-refractivity contribution in [3.8, 4) is 0 Å². The number of amides is 1. The lowest BCUT2D eigenvalue weighted by atomic mass is 9.80. The molecule has 3 aromatic rings. The summed E-state index contributed by atoms with van der Waals surface area (Å²) in [6, 6.07) is 22.6. The molecular weight excluding hydrogens is 334 g/mol. The Hall–Kier alpha value is -3.14. The van der Waals surface area contributed by atoms with Gasteiger partial charge in [0.2, 0.25) is 5.91 Å². The van der Waals surface area contributed by atoms with Crippen molar-refractivity contribution in [1.29, 1.82) is 0 Å². The van der Waals surface area contributed by atoms with E-state index in [1.807, 2.05) is 36.4 Å². The Morgan fingerprint density at radius 2 is 1.70 bits per heavy atom. The van der Waals surface area contributed by atoms with Gasteiger partial charge in [0, 0.05) is 37.1 Å². The van der Waals surface area contributed by atoms with Crippen LogP contribution in [0.5, 0.6) is 0 Å². The normalized spacial score (nSPS) is 23.5. The quantitative estimate of drug-likeness (QED) is 0.773. The third-order valence-electron chi connectivity index (χ3n) is 5.79. The van der Waals surface area contributed by atoms with Crippen LogP contribution in [0.2, 0.25) is 0 Å². The monoisotopic (exact) mass is 355 g/mol. The maximum atomic E-state index is 13.6. The molecule has 4 nitrogen and oxygen atoms in total. The number of carbonyl (C=O) groups is 1. The van der Waals surface area contributed by atoms with Crippen molar-refractivity contribution in [3.63, 3.8) is 0 Å². The fourth-order valence-electron chi connectivity index (χ4n) is 4.60. The average molecular weight is 355 g/mol. The molecule has 0 spiro atoms. The molecule has 3 unspecified atom stereocenters. The van der Waals surface area contributed by atoms with E-state index >= 15 is 0 Å². The number of likely N-dealkylation sites (tertiary alicyclic amines) is 1. The molecule has 134 valence electrons. The number of benzene rings is 2. The molecule has 27 heavy (non-hydrogen) atoms. The molecule has 0 bridgehead atoms. The first-order valence-electron chi connectivity index (χ1n) is 9.40. The van der Waals surface area contributed by atoms with Gasteiger partial charge in [0.15, 0.2) is 0 Å². The van der Waals surface area contributed by atoms with Crippen molar-refractivity contribution in [2.45, 2.75) is 18.5 Å². The molecule has 5 rings (SSSR count). The summed E-state index contributed by atoms with van der Waals surface area (Å²) in [6.45, 7) is 1.42. The number of nitrogens with zero attached hydrogens (tertiary/aromatic N) is 2. The Bertz CT molecular complexity index is 958. The standard InChI is InChI=1S/C23H21N3O/c27-23-21(17-6-2-1-3-7-17)19-14-25-20-9-5-4-8-18(20)22(19)26(23)15-16-10-12-24-13-11-16/h1-13,19,21-22,25H,14-15H2. The van der Waals surface area contributed by atoms with E-state index in [1.165, 1.54) is 5.56 Å². The Labute approximate surface area is 158 Å². The van der Waals surface area contributed by atoms with Gasteiger partial charge in [0.05, 0.1) is 12.0 Å². The van der Waals surface area contributed by atoms with Gasteiger partial charge >= 0.3 is 0 Å². The summed E-state index contributed by atoms with van der Waals surface area (Å²) in [7, 11) is 0. The summed E-state index contributed by atoms with van der Waals surface area (Å²) >= 11 is 0. The van der Waals surface area contributed by atoms with Crippen LogP contribution in [0.1, 0.15) is 28.7 Å². The van der Waals surface area contributed by atoms with Gasteiger partial charge in [-0.05, 0) is 34.9 Å². The maximum Gasteiger partial charge on any atom is 0.231 e. The van der Waals surface area contributed by atoms with Crippen LogP contribution in [-0.4, -0.2) is 22.3 Å². The van der Waals surface area contributed by atoms with Gasteiger partial charge in [-0.15, -0.1) is 0 Å². The highest BCUT2D eigenvalue weighted by atomic mass is 16.2. The summed E-state index contributed by atoms with van der Waals surface area (Å²) in [5, 5.41) is 3.55. The number of pyridine rings is 1. The number of rotatable bonds is 3. The third kappa shape index (κ3) is 2.69. The second-order valence-corrected chi connectivity index (χ2v) is 7.29. The molecule has 0 saturated carbocycles. The molecule has 3 atom stereocenters. The average Bonchev–Trinajstić information content (AvgIpc) is 3.01. The molecule has 1 N–H and O–H groups in total. The number of fused-ring (bicyclic) bond motifs is 3. The van der Waals surface area contributed by atoms with Crippen molar-refractivity contribution < 1.29 is 4.79 Å². The number of aromatic nitrogens is 1. The van der Waals surface area contributed by atoms with E-state index in [-0.39, 0.29) is 23.8 Å². The van der Waals surface area contributed by atoms with Gasteiger partial charge in [-0.1, -0.05) is 48.5 Å². The Balaban J connectivity index is 1.60. The SMILES string of the molecule is O=C1C(c2ccccc2)C2CNc3ccccc3C2N1Cc1ccncc1. The number of carbonyl (C=O) groups excluding carboxylic acids is 1. The molecule has 2 aliphatic rings. The van der Waals surface area contributed by atoms with Crippen LogP contribution in [0.3, 0.4) is 0 Å². The first-order chi connectivity index (χ1) is 13.3. The molecule has 1 fully saturated rings. The molecule has 1 amide bonds. The summed E-state index contributed by atoms with van der Waals surface area (Å²) in [4.78, 5) is 19.7. The lowest BCUT2D eigenvalue weighted by Crippen LogP contribution is -2.33. The zero-order chi connectivity index (χ0) is 18.2. The minimum absolute atomic E-state index is 0.0910. The smallest absolute Gasteiger partial charge is 0.231 e. The molecule has 2 aliphatic heterocycles. The van der Waals surface area contributed by atoms with E-state index < -0.39 is 0 Å². The second kappa shape index (κ2) is 6.54. The zero-order valence-electron chi connectivity index (χ0n) is 15.0. The molecule has 4 heteroatoms. The van der Waals surface area contributed by atoms with Crippen molar-refractivity contribution in [2.75, 3.05) is 11.9 Å². The fourth-order valence-corrected chi connectivity index (χ4v) is 4.60. The lowest BCUT2D eigenvalue weighted by molar-refractivity contribution is -0.130. The van der Waals surface area contributed by atoms with Crippen molar-refractivity contribution in [3.05, 3.63) is 95.8 Å². The molecule has 1 saturated heterocycles. The van der Waals surface area contributed by atoms with E-state index in [4.69, 9.17) is 0 Å². The lowest BCUT2D eigenvalue weighted by Gasteiger charge is -2.35. The summed E-state index contributed by atoms with van der Waals surface area (Å²) < 4.78 is 0. The van der Waals surface area contributed by atoms with Gasteiger partial charge in [0.1, 0.15) is 0 Å². The Morgan fingerprint density at radius 1 is 0.963 bits per heavy atom. The van der Waals surface area contributed by atoms with Crippen LogP contribution in [-0.2, 0) is 11.3 Å². The first-order valence-corrected chi connectivity index (χ1v) is 9.40. The van der Waals surface area contributed by atoms with Gasteiger partial charge in [-0.25, -0.2) is 0 Å². The van der Waals surface area contributed by atoms with Crippen molar-refractivity contribution >= 4 is 11.6 Å².